The van der Waals surface area contributed by atoms with Crippen LogP contribution >= 0.6 is 23.2 Å². The van der Waals surface area contributed by atoms with E-state index in [0.29, 0.717) is 16.1 Å². The van der Waals surface area contributed by atoms with E-state index in [1.165, 1.54) is 5.57 Å². The minimum absolute atomic E-state index is 0.378. The van der Waals surface area contributed by atoms with E-state index in [0.717, 1.165) is 31.6 Å². The van der Waals surface area contributed by atoms with Gasteiger partial charge in [-0.2, -0.15) is 0 Å². The molecule has 0 aliphatic carbocycles. The van der Waals surface area contributed by atoms with Crippen molar-refractivity contribution in [1.82, 2.24) is 5.32 Å². The summed E-state index contributed by atoms with van der Waals surface area (Å²) in [5.74, 6) is 0. The summed E-state index contributed by atoms with van der Waals surface area (Å²) >= 11 is 12.0. The predicted octanol–water partition coefficient (Wildman–Crippen LogP) is 3.78. The lowest BCUT2D eigenvalue weighted by Gasteiger charge is -2.23. The van der Waals surface area contributed by atoms with Gasteiger partial charge in [-0.25, -0.2) is 0 Å². The van der Waals surface area contributed by atoms with Crippen LogP contribution in [-0.4, -0.2) is 26.3 Å². The highest BCUT2D eigenvalue weighted by molar-refractivity contribution is 6.42. The van der Waals surface area contributed by atoms with Gasteiger partial charge in [-0.1, -0.05) is 35.3 Å². The maximum Gasteiger partial charge on any atom is 0.0598 e. The second-order valence-electron chi connectivity index (χ2n) is 4.41. The Kier molecular flexibility index (Phi) is 5.07. The van der Waals surface area contributed by atoms with E-state index in [9.17, 15) is 0 Å². The topological polar surface area (TPSA) is 21.3 Å². The van der Waals surface area contributed by atoms with Gasteiger partial charge in [0.15, 0.2) is 0 Å². The second kappa shape index (κ2) is 6.58. The average molecular weight is 286 g/mol. The smallest absolute Gasteiger partial charge is 0.0598 e. The Bertz CT molecular complexity index is 445. The standard InChI is InChI=1S/C14H17Cl2NO/c1-18-7-5-12-8-11(4-6-17-12)10-2-3-13(15)14(16)9-10/h2-3,8-9,12,17H,4-7H2,1H3. The van der Waals surface area contributed by atoms with Crippen LogP contribution in [0.3, 0.4) is 0 Å². The number of halogens is 2. The van der Waals surface area contributed by atoms with Crippen molar-refractivity contribution >= 4 is 28.8 Å². The Morgan fingerprint density at radius 1 is 1.33 bits per heavy atom. The van der Waals surface area contributed by atoms with Crippen LogP contribution in [0.2, 0.25) is 10.0 Å². The number of hydrogen-bond acceptors (Lipinski definition) is 2. The molecule has 0 saturated heterocycles. The van der Waals surface area contributed by atoms with Gasteiger partial charge < -0.3 is 10.1 Å². The molecule has 0 spiro atoms. The van der Waals surface area contributed by atoms with Crippen LogP contribution in [0.15, 0.2) is 24.3 Å². The fourth-order valence-electron chi connectivity index (χ4n) is 2.14. The number of methoxy groups -OCH3 is 1. The Balaban J connectivity index is 2.15. The molecule has 2 rings (SSSR count). The summed E-state index contributed by atoms with van der Waals surface area (Å²) in [6, 6.07) is 6.20. The third-order valence-corrected chi connectivity index (χ3v) is 3.87. The first kappa shape index (κ1) is 13.9. The van der Waals surface area contributed by atoms with Gasteiger partial charge in [0.2, 0.25) is 0 Å². The fraction of sp³-hybridized carbons (Fsp3) is 0.429. The van der Waals surface area contributed by atoms with E-state index in [-0.39, 0.29) is 0 Å². The van der Waals surface area contributed by atoms with Crippen molar-refractivity contribution < 1.29 is 4.74 Å². The molecule has 0 saturated carbocycles. The minimum Gasteiger partial charge on any atom is -0.385 e. The normalized spacial score (nSPS) is 19.7. The fourth-order valence-corrected chi connectivity index (χ4v) is 2.44. The lowest BCUT2D eigenvalue weighted by molar-refractivity contribution is 0.187. The highest BCUT2D eigenvalue weighted by Crippen LogP contribution is 2.28. The van der Waals surface area contributed by atoms with Crippen LogP contribution in [0.25, 0.3) is 5.57 Å². The molecule has 1 heterocycles. The molecule has 18 heavy (non-hydrogen) atoms. The first-order chi connectivity index (χ1) is 8.70. The number of rotatable bonds is 4. The van der Waals surface area contributed by atoms with Crippen molar-refractivity contribution in [2.75, 3.05) is 20.3 Å². The molecule has 98 valence electrons. The van der Waals surface area contributed by atoms with E-state index in [4.69, 9.17) is 27.9 Å². The van der Waals surface area contributed by atoms with Crippen molar-refractivity contribution in [1.29, 1.82) is 0 Å². The minimum atomic E-state index is 0.378. The molecule has 0 fully saturated rings. The maximum absolute atomic E-state index is 6.06. The highest BCUT2D eigenvalue weighted by Gasteiger charge is 2.14. The largest absolute Gasteiger partial charge is 0.385 e. The second-order valence-corrected chi connectivity index (χ2v) is 5.23. The maximum atomic E-state index is 6.06. The summed E-state index contributed by atoms with van der Waals surface area (Å²) in [5, 5.41) is 4.68. The molecule has 1 unspecified atom stereocenters. The zero-order valence-corrected chi connectivity index (χ0v) is 11.9. The van der Waals surface area contributed by atoms with Crippen LogP contribution in [0.5, 0.6) is 0 Å². The Morgan fingerprint density at radius 3 is 2.89 bits per heavy atom. The molecule has 0 amide bonds. The van der Waals surface area contributed by atoms with Gasteiger partial charge in [0.05, 0.1) is 10.0 Å². The number of benzene rings is 1. The molecule has 1 N–H and O–H groups in total. The predicted molar refractivity (Wildman–Crippen MR) is 77.3 cm³/mol. The van der Waals surface area contributed by atoms with Crippen molar-refractivity contribution in [3.63, 3.8) is 0 Å². The van der Waals surface area contributed by atoms with E-state index in [1.807, 2.05) is 18.2 Å². The van der Waals surface area contributed by atoms with Gasteiger partial charge in [0.1, 0.15) is 0 Å². The van der Waals surface area contributed by atoms with Gasteiger partial charge >= 0.3 is 0 Å². The van der Waals surface area contributed by atoms with Crippen LogP contribution in [0.4, 0.5) is 0 Å². The molecule has 0 bridgehead atoms. The van der Waals surface area contributed by atoms with Crippen molar-refractivity contribution in [2.45, 2.75) is 18.9 Å². The number of ether oxygens (including phenoxy) is 1. The van der Waals surface area contributed by atoms with Gasteiger partial charge in [0, 0.05) is 19.8 Å². The van der Waals surface area contributed by atoms with Gasteiger partial charge in [0.25, 0.3) is 0 Å². The summed E-state index contributed by atoms with van der Waals surface area (Å²) in [6.07, 6.45) is 4.27. The Labute approximate surface area is 118 Å². The molecular formula is C14H17Cl2NO. The molecule has 1 atom stereocenters. The van der Waals surface area contributed by atoms with Crippen LogP contribution in [0, 0.1) is 0 Å². The van der Waals surface area contributed by atoms with Gasteiger partial charge in [-0.05, 0) is 42.7 Å². The molecule has 0 radical (unpaired) electrons. The molecule has 1 aliphatic rings. The van der Waals surface area contributed by atoms with Crippen molar-refractivity contribution in [2.24, 2.45) is 0 Å². The third-order valence-electron chi connectivity index (χ3n) is 3.13. The molecule has 0 aromatic heterocycles. The van der Waals surface area contributed by atoms with E-state index >= 15 is 0 Å². The monoisotopic (exact) mass is 285 g/mol. The Morgan fingerprint density at radius 2 is 2.17 bits per heavy atom. The van der Waals surface area contributed by atoms with E-state index in [1.54, 1.807) is 7.11 Å². The quantitative estimate of drug-likeness (QED) is 0.909. The van der Waals surface area contributed by atoms with E-state index < -0.39 is 0 Å². The summed E-state index contributed by atoms with van der Waals surface area (Å²) in [7, 11) is 1.73. The van der Waals surface area contributed by atoms with Crippen LogP contribution < -0.4 is 5.32 Å². The number of hydrogen-bond donors (Lipinski definition) is 1. The van der Waals surface area contributed by atoms with Crippen LogP contribution in [-0.2, 0) is 4.74 Å². The molecule has 2 nitrogen and oxygen atoms in total. The van der Waals surface area contributed by atoms with Gasteiger partial charge in [-0.3, -0.25) is 0 Å². The SMILES string of the molecule is COCCC1C=C(c2ccc(Cl)c(Cl)c2)CCN1. The van der Waals surface area contributed by atoms with Crippen molar-refractivity contribution in [3.8, 4) is 0 Å². The summed E-state index contributed by atoms with van der Waals surface area (Å²) in [4.78, 5) is 0. The van der Waals surface area contributed by atoms with Crippen LogP contribution in [0.1, 0.15) is 18.4 Å². The Hall–Kier alpha value is -0.540. The summed E-state index contributed by atoms with van der Waals surface area (Å²) in [6.45, 7) is 1.75. The van der Waals surface area contributed by atoms with Crippen molar-refractivity contribution in [3.05, 3.63) is 39.9 Å². The summed E-state index contributed by atoms with van der Waals surface area (Å²) < 4.78 is 5.11. The zero-order chi connectivity index (χ0) is 13.0. The molecule has 1 aliphatic heterocycles. The third kappa shape index (κ3) is 3.48. The molecular weight excluding hydrogens is 269 g/mol. The summed E-state index contributed by atoms with van der Waals surface area (Å²) in [5.41, 5.74) is 2.49. The van der Waals surface area contributed by atoms with Gasteiger partial charge in [-0.15, -0.1) is 0 Å². The first-order valence-electron chi connectivity index (χ1n) is 6.09. The molecule has 4 heteroatoms. The molecule has 1 aromatic carbocycles. The zero-order valence-electron chi connectivity index (χ0n) is 10.4. The average Bonchev–Trinajstić information content (AvgIpc) is 2.40. The lowest BCUT2D eigenvalue weighted by Crippen LogP contribution is -2.32. The van der Waals surface area contributed by atoms with E-state index in [2.05, 4.69) is 11.4 Å². The number of nitrogens with one attached hydrogen (secondary N) is 1. The first-order valence-corrected chi connectivity index (χ1v) is 6.84. The molecule has 1 aromatic rings. The highest BCUT2D eigenvalue weighted by atomic mass is 35.5. The lowest BCUT2D eigenvalue weighted by atomic mass is 9.96.